The van der Waals surface area contributed by atoms with E-state index < -0.39 is 30.9 Å². The lowest BCUT2D eigenvalue weighted by molar-refractivity contribution is -0.210. The summed E-state index contributed by atoms with van der Waals surface area (Å²) in [6.07, 6.45) is 6.10. The summed E-state index contributed by atoms with van der Waals surface area (Å²) < 4.78 is 50.1. The third-order valence-electron chi connectivity index (χ3n) is 5.94. The van der Waals surface area contributed by atoms with Gasteiger partial charge < -0.3 is 47.7 Å². The Kier molecular flexibility index (Phi) is 24.8. The lowest BCUT2D eigenvalue weighted by Crippen LogP contribution is -2.33. The Morgan fingerprint density at radius 3 is 2.09 bits per heavy atom. The summed E-state index contributed by atoms with van der Waals surface area (Å²) in [6, 6.07) is 9.12. The Bertz CT molecular complexity index is 1040. The second-order valence-corrected chi connectivity index (χ2v) is 9.78. The standard InChI is InChI=1S/C35H52O12/c1-6-13-31(16-12-17-33(36)30-14-10-9-11-15-30)46-27-32(47-29(5)42-23-19-40-21-25-44-35(38)8-3)26-45-28(4)41-22-18-39-20-24-43-34(37)7-2/h7-16,28-29,32,34,37H,2-3,6,17-27H2,1,4-5H3/b16-12-,31-13+. The maximum atomic E-state index is 12.5. The Morgan fingerprint density at radius 1 is 0.809 bits per heavy atom. The van der Waals surface area contributed by atoms with Gasteiger partial charge in [0.2, 0.25) is 0 Å². The predicted octanol–water partition coefficient (Wildman–Crippen LogP) is 4.54. The number of allylic oxidation sites excluding steroid dienone is 3. The van der Waals surface area contributed by atoms with Crippen LogP contribution < -0.4 is 0 Å². The first kappa shape index (κ1) is 41.8. The van der Waals surface area contributed by atoms with E-state index >= 15 is 0 Å². The van der Waals surface area contributed by atoms with Crippen LogP contribution in [0.5, 0.6) is 0 Å². The number of Topliss-reactive ketones (excluding diaryl/α,β-unsaturated/α-hetero) is 1. The van der Waals surface area contributed by atoms with Crippen molar-refractivity contribution in [1.29, 1.82) is 0 Å². The summed E-state index contributed by atoms with van der Waals surface area (Å²) in [4.78, 5) is 23.5. The van der Waals surface area contributed by atoms with Crippen molar-refractivity contribution in [3.05, 3.63) is 85.2 Å². The van der Waals surface area contributed by atoms with Gasteiger partial charge in [-0.1, -0.05) is 56.5 Å². The van der Waals surface area contributed by atoms with Crippen molar-refractivity contribution in [2.45, 2.75) is 58.6 Å². The highest BCUT2D eigenvalue weighted by Gasteiger charge is 2.18. The molecule has 0 aromatic heterocycles. The van der Waals surface area contributed by atoms with E-state index in [1.54, 1.807) is 38.1 Å². The van der Waals surface area contributed by atoms with Gasteiger partial charge in [-0.05, 0) is 38.5 Å². The minimum atomic E-state index is -1.02. The predicted molar refractivity (Wildman–Crippen MR) is 175 cm³/mol. The van der Waals surface area contributed by atoms with Crippen LogP contribution in [-0.2, 0) is 47.4 Å². The molecule has 0 saturated heterocycles. The average Bonchev–Trinajstić information content (AvgIpc) is 3.08. The summed E-state index contributed by atoms with van der Waals surface area (Å²) in [5, 5.41) is 9.28. The molecule has 4 atom stereocenters. The van der Waals surface area contributed by atoms with E-state index in [9.17, 15) is 14.7 Å². The van der Waals surface area contributed by atoms with E-state index in [4.69, 9.17) is 42.6 Å². The Morgan fingerprint density at radius 2 is 1.45 bits per heavy atom. The molecule has 0 bridgehead atoms. The Balaban J connectivity index is 2.59. The van der Waals surface area contributed by atoms with Crippen molar-refractivity contribution in [3.8, 4) is 0 Å². The molecule has 0 aliphatic carbocycles. The highest BCUT2D eigenvalue weighted by atomic mass is 16.7. The molecule has 1 N–H and O–H groups in total. The molecule has 4 unspecified atom stereocenters. The van der Waals surface area contributed by atoms with Crippen molar-refractivity contribution in [1.82, 2.24) is 0 Å². The fourth-order valence-corrected chi connectivity index (χ4v) is 3.62. The van der Waals surface area contributed by atoms with Crippen LogP contribution in [0.1, 0.15) is 44.0 Å². The van der Waals surface area contributed by atoms with Gasteiger partial charge in [0, 0.05) is 18.1 Å². The lowest BCUT2D eigenvalue weighted by Gasteiger charge is -2.24. The number of carbonyl (C=O) groups excluding carboxylic acids is 2. The molecular weight excluding hydrogens is 612 g/mol. The number of carbonyl (C=O) groups is 2. The van der Waals surface area contributed by atoms with E-state index in [1.807, 2.05) is 31.2 Å². The fraction of sp³-hybridized carbons (Fsp3) is 0.543. The van der Waals surface area contributed by atoms with Crippen molar-refractivity contribution >= 4 is 11.8 Å². The van der Waals surface area contributed by atoms with Crippen molar-refractivity contribution in [2.75, 3.05) is 66.1 Å². The zero-order valence-corrected chi connectivity index (χ0v) is 27.9. The molecule has 12 heteroatoms. The summed E-state index contributed by atoms with van der Waals surface area (Å²) >= 11 is 0. The smallest absolute Gasteiger partial charge is 0.330 e. The first-order chi connectivity index (χ1) is 22.8. The monoisotopic (exact) mass is 664 g/mol. The average molecular weight is 665 g/mol. The quantitative estimate of drug-likeness (QED) is 0.0181. The highest BCUT2D eigenvalue weighted by molar-refractivity contribution is 5.96. The molecular formula is C35H52O12. The van der Waals surface area contributed by atoms with Gasteiger partial charge in [0.1, 0.15) is 25.1 Å². The van der Waals surface area contributed by atoms with Gasteiger partial charge in [-0.3, -0.25) is 4.79 Å². The zero-order chi connectivity index (χ0) is 34.5. The summed E-state index contributed by atoms with van der Waals surface area (Å²) in [5.41, 5.74) is 0.653. The molecule has 0 aliphatic heterocycles. The topological polar surface area (TPSA) is 137 Å². The van der Waals surface area contributed by atoms with Gasteiger partial charge in [-0.15, -0.1) is 0 Å². The number of aliphatic hydroxyl groups excluding tert-OH is 1. The highest BCUT2D eigenvalue weighted by Crippen LogP contribution is 2.11. The van der Waals surface area contributed by atoms with E-state index in [0.717, 1.165) is 12.5 Å². The number of aliphatic hydroxyl groups is 1. The molecule has 47 heavy (non-hydrogen) atoms. The van der Waals surface area contributed by atoms with E-state index in [-0.39, 0.29) is 65.1 Å². The minimum absolute atomic E-state index is 0.0132. The third kappa shape index (κ3) is 22.9. The Labute approximate surface area is 278 Å². The first-order valence-corrected chi connectivity index (χ1v) is 15.7. The normalized spacial score (nSPS) is 14.3. The lowest BCUT2D eigenvalue weighted by atomic mass is 10.1. The van der Waals surface area contributed by atoms with Gasteiger partial charge >= 0.3 is 5.97 Å². The van der Waals surface area contributed by atoms with Crippen LogP contribution >= 0.6 is 0 Å². The van der Waals surface area contributed by atoms with Crippen LogP contribution in [0.2, 0.25) is 0 Å². The number of ketones is 1. The summed E-state index contributed by atoms with van der Waals surface area (Å²) in [6.45, 7) is 14.6. The molecule has 0 amide bonds. The van der Waals surface area contributed by atoms with Gasteiger partial charge in [-0.25, -0.2) is 4.79 Å². The first-order valence-electron chi connectivity index (χ1n) is 15.7. The van der Waals surface area contributed by atoms with Gasteiger partial charge in [-0.2, -0.15) is 0 Å². The molecule has 0 fully saturated rings. The number of benzene rings is 1. The molecule has 0 radical (unpaired) electrons. The van der Waals surface area contributed by atoms with Crippen LogP contribution in [0.15, 0.2) is 79.6 Å². The largest absolute Gasteiger partial charge is 0.491 e. The third-order valence-corrected chi connectivity index (χ3v) is 5.94. The molecule has 1 rings (SSSR count). The van der Waals surface area contributed by atoms with E-state index in [0.29, 0.717) is 24.5 Å². The van der Waals surface area contributed by atoms with Gasteiger partial charge in [0.15, 0.2) is 24.7 Å². The molecule has 0 saturated carbocycles. The SMILES string of the molecule is C=CC(=O)OCCOCCOC(C)OC(COC(/C=C\CC(=O)c1ccccc1)=C/CC)COC(C)OCCOCCOC(O)C=C. The van der Waals surface area contributed by atoms with Crippen LogP contribution in [-0.4, -0.2) is 108 Å². The maximum Gasteiger partial charge on any atom is 0.330 e. The molecule has 1 aromatic rings. The number of hydrogen-bond acceptors (Lipinski definition) is 12. The number of ether oxygens (including phenoxy) is 9. The number of hydrogen-bond donors (Lipinski definition) is 1. The second-order valence-electron chi connectivity index (χ2n) is 9.78. The molecule has 12 nitrogen and oxygen atoms in total. The second kappa shape index (κ2) is 27.9. The molecule has 0 heterocycles. The molecule has 0 aliphatic rings. The van der Waals surface area contributed by atoms with E-state index in [2.05, 4.69) is 13.2 Å². The number of rotatable bonds is 30. The van der Waals surface area contributed by atoms with Crippen LogP contribution in [0.3, 0.4) is 0 Å². The van der Waals surface area contributed by atoms with Gasteiger partial charge in [0.05, 0.1) is 52.9 Å². The summed E-state index contributed by atoms with van der Waals surface area (Å²) in [5.74, 6) is 0.112. The van der Waals surface area contributed by atoms with Crippen LogP contribution in [0, 0.1) is 0 Å². The number of esters is 1. The molecule has 264 valence electrons. The van der Waals surface area contributed by atoms with Crippen molar-refractivity contribution in [3.63, 3.8) is 0 Å². The Hall–Kier alpha value is -3.20. The van der Waals surface area contributed by atoms with Crippen molar-refractivity contribution in [2.24, 2.45) is 0 Å². The minimum Gasteiger partial charge on any atom is -0.491 e. The van der Waals surface area contributed by atoms with Crippen LogP contribution in [0.4, 0.5) is 0 Å². The van der Waals surface area contributed by atoms with Crippen molar-refractivity contribution < 1.29 is 57.3 Å². The van der Waals surface area contributed by atoms with Crippen LogP contribution in [0.25, 0.3) is 0 Å². The molecule has 1 aromatic carbocycles. The fourth-order valence-electron chi connectivity index (χ4n) is 3.62. The molecule has 0 spiro atoms. The summed E-state index contributed by atoms with van der Waals surface area (Å²) in [7, 11) is 0. The maximum absolute atomic E-state index is 12.5. The van der Waals surface area contributed by atoms with Gasteiger partial charge in [0.25, 0.3) is 0 Å². The zero-order valence-electron chi connectivity index (χ0n) is 27.9. The van der Waals surface area contributed by atoms with E-state index in [1.165, 1.54) is 6.08 Å².